The van der Waals surface area contributed by atoms with Gasteiger partial charge in [-0.05, 0) is 37.1 Å². The summed E-state index contributed by atoms with van der Waals surface area (Å²) < 4.78 is 0. The Bertz CT molecular complexity index is 377. The summed E-state index contributed by atoms with van der Waals surface area (Å²) in [6.45, 7) is 1.89. The molecule has 88 valence electrons. The van der Waals surface area contributed by atoms with Gasteiger partial charge in [-0.15, -0.1) is 0 Å². The first-order chi connectivity index (χ1) is 7.49. The number of benzene rings is 1. The van der Waals surface area contributed by atoms with Crippen LogP contribution in [0, 0.1) is 0 Å². The molecule has 2 nitrogen and oxygen atoms in total. The number of carbonyl (C=O) groups excluding carboxylic acids is 1. The summed E-state index contributed by atoms with van der Waals surface area (Å²) in [7, 11) is 0. The van der Waals surface area contributed by atoms with Crippen molar-refractivity contribution < 1.29 is 4.79 Å². The van der Waals surface area contributed by atoms with Gasteiger partial charge in [-0.3, -0.25) is 4.79 Å². The SMILES string of the molecule is CC(N)CCC(=O)Cc1cc(Cl)ccc1Cl. The van der Waals surface area contributed by atoms with Gasteiger partial charge in [0.05, 0.1) is 0 Å². The van der Waals surface area contributed by atoms with E-state index in [0.29, 0.717) is 29.3 Å². The summed E-state index contributed by atoms with van der Waals surface area (Å²) in [5.74, 6) is 0.140. The number of nitrogens with two attached hydrogens (primary N) is 1. The van der Waals surface area contributed by atoms with E-state index in [9.17, 15) is 4.79 Å². The number of halogens is 2. The molecule has 0 aliphatic rings. The third kappa shape index (κ3) is 4.52. The molecule has 0 saturated heterocycles. The first-order valence-corrected chi connectivity index (χ1v) is 5.96. The Morgan fingerprint density at radius 1 is 1.44 bits per heavy atom. The standard InChI is InChI=1S/C12H15Cl2NO/c1-8(15)2-4-11(16)7-9-6-10(13)3-5-12(9)14/h3,5-6,8H,2,4,7,15H2,1H3. The van der Waals surface area contributed by atoms with Crippen molar-refractivity contribution in [2.24, 2.45) is 5.73 Å². The van der Waals surface area contributed by atoms with Crippen LogP contribution in [0.15, 0.2) is 18.2 Å². The van der Waals surface area contributed by atoms with E-state index in [1.54, 1.807) is 18.2 Å². The zero-order valence-electron chi connectivity index (χ0n) is 9.17. The third-order valence-corrected chi connectivity index (χ3v) is 2.88. The van der Waals surface area contributed by atoms with Gasteiger partial charge in [-0.1, -0.05) is 23.2 Å². The molecule has 16 heavy (non-hydrogen) atoms. The fraction of sp³-hybridized carbons (Fsp3) is 0.417. The summed E-state index contributed by atoms with van der Waals surface area (Å²) in [5, 5.41) is 1.18. The van der Waals surface area contributed by atoms with Gasteiger partial charge in [-0.25, -0.2) is 0 Å². The van der Waals surface area contributed by atoms with Crippen molar-refractivity contribution >= 4 is 29.0 Å². The molecule has 1 rings (SSSR count). The minimum atomic E-state index is 0.0544. The number of ketones is 1. The van der Waals surface area contributed by atoms with E-state index in [1.165, 1.54) is 0 Å². The van der Waals surface area contributed by atoms with Gasteiger partial charge in [0.25, 0.3) is 0 Å². The van der Waals surface area contributed by atoms with Gasteiger partial charge >= 0.3 is 0 Å². The van der Waals surface area contributed by atoms with E-state index in [0.717, 1.165) is 5.56 Å². The van der Waals surface area contributed by atoms with Crippen LogP contribution in [0.1, 0.15) is 25.3 Å². The predicted octanol–water partition coefficient (Wildman–Crippen LogP) is 3.23. The smallest absolute Gasteiger partial charge is 0.137 e. The van der Waals surface area contributed by atoms with Gasteiger partial charge in [0.2, 0.25) is 0 Å². The minimum absolute atomic E-state index is 0.0544. The van der Waals surface area contributed by atoms with Crippen LogP contribution in [0.2, 0.25) is 10.0 Å². The zero-order valence-corrected chi connectivity index (χ0v) is 10.7. The fourth-order valence-electron chi connectivity index (χ4n) is 1.37. The van der Waals surface area contributed by atoms with E-state index in [2.05, 4.69) is 0 Å². The molecule has 1 unspecified atom stereocenters. The quantitative estimate of drug-likeness (QED) is 0.883. The monoisotopic (exact) mass is 259 g/mol. The number of rotatable bonds is 5. The van der Waals surface area contributed by atoms with Crippen molar-refractivity contribution in [3.05, 3.63) is 33.8 Å². The summed E-state index contributed by atoms with van der Waals surface area (Å²) in [5.41, 5.74) is 6.37. The first-order valence-electron chi connectivity index (χ1n) is 5.20. The van der Waals surface area contributed by atoms with Crippen LogP contribution in [0.3, 0.4) is 0 Å². The number of carbonyl (C=O) groups is 1. The lowest BCUT2D eigenvalue weighted by molar-refractivity contribution is -0.118. The minimum Gasteiger partial charge on any atom is -0.328 e. The van der Waals surface area contributed by atoms with E-state index in [-0.39, 0.29) is 11.8 Å². The molecule has 0 radical (unpaired) electrons. The summed E-state index contributed by atoms with van der Waals surface area (Å²) in [4.78, 5) is 11.6. The Kier molecular flexibility index (Phi) is 5.26. The molecule has 4 heteroatoms. The topological polar surface area (TPSA) is 43.1 Å². The highest BCUT2D eigenvalue weighted by molar-refractivity contribution is 6.33. The van der Waals surface area contributed by atoms with Gasteiger partial charge < -0.3 is 5.73 Å². The predicted molar refractivity (Wildman–Crippen MR) is 68.1 cm³/mol. The molecule has 0 saturated carbocycles. The number of hydrogen-bond donors (Lipinski definition) is 1. The molecule has 0 aliphatic heterocycles. The van der Waals surface area contributed by atoms with Crippen molar-refractivity contribution in [2.75, 3.05) is 0 Å². The molecular formula is C12H15Cl2NO. The average Bonchev–Trinajstić information content (AvgIpc) is 2.20. The maximum absolute atomic E-state index is 11.6. The molecule has 1 aromatic rings. The molecule has 0 heterocycles. The highest BCUT2D eigenvalue weighted by Crippen LogP contribution is 2.21. The maximum atomic E-state index is 11.6. The van der Waals surface area contributed by atoms with Gasteiger partial charge in [0.15, 0.2) is 0 Å². The van der Waals surface area contributed by atoms with Crippen LogP contribution < -0.4 is 5.73 Å². The summed E-state index contributed by atoms with van der Waals surface area (Å²) >= 11 is 11.8. The van der Waals surface area contributed by atoms with Crippen molar-refractivity contribution in [1.29, 1.82) is 0 Å². The van der Waals surface area contributed by atoms with Crippen LogP contribution in [0.5, 0.6) is 0 Å². The Morgan fingerprint density at radius 2 is 2.12 bits per heavy atom. The van der Waals surface area contributed by atoms with Crippen molar-refractivity contribution in [3.8, 4) is 0 Å². The van der Waals surface area contributed by atoms with E-state index in [1.807, 2.05) is 6.92 Å². The molecule has 0 aliphatic carbocycles. The lowest BCUT2D eigenvalue weighted by Gasteiger charge is -2.06. The molecular weight excluding hydrogens is 245 g/mol. The van der Waals surface area contributed by atoms with Gasteiger partial charge in [0.1, 0.15) is 5.78 Å². The van der Waals surface area contributed by atoms with Gasteiger partial charge in [-0.2, -0.15) is 0 Å². The van der Waals surface area contributed by atoms with Gasteiger partial charge in [0, 0.05) is 28.9 Å². The maximum Gasteiger partial charge on any atom is 0.137 e. The largest absolute Gasteiger partial charge is 0.328 e. The van der Waals surface area contributed by atoms with E-state index >= 15 is 0 Å². The molecule has 0 spiro atoms. The molecule has 0 bridgehead atoms. The fourth-order valence-corrected chi connectivity index (χ4v) is 1.75. The molecule has 2 N–H and O–H groups in total. The Hall–Kier alpha value is -0.570. The number of Topliss-reactive ketones (excluding diaryl/α,β-unsaturated/α-hetero) is 1. The Balaban J connectivity index is 2.59. The normalized spacial score (nSPS) is 12.5. The highest BCUT2D eigenvalue weighted by atomic mass is 35.5. The molecule has 0 amide bonds. The van der Waals surface area contributed by atoms with Crippen LogP contribution in [-0.2, 0) is 11.2 Å². The highest BCUT2D eigenvalue weighted by Gasteiger charge is 2.08. The first kappa shape index (κ1) is 13.5. The van der Waals surface area contributed by atoms with Crippen LogP contribution in [0.4, 0.5) is 0 Å². The zero-order chi connectivity index (χ0) is 12.1. The van der Waals surface area contributed by atoms with Crippen LogP contribution >= 0.6 is 23.2 Å². The van der Waals surface area contributed by atoms with Crippen LogP contribution in [-0.4, -0.2) is 11.8 Å². The molecule has 1 atom stereocenters. The summed E-state index contributed by atoms with van der Waals surface area (Å²) in [6, 6.07) is 5.20. The number of hydrogen-bond acceptors (Lipinski definition) is 2. The third-order valence-electron chi connectivity index (χ3n) is 2.27. The second-order valence-corrected chi connectivity index (χ2v) is 4.81. The molecule has 0 fully saturated rings. The Morgan fingerprint density at radius 3 is 2.75 bits per heavy atom. The lowest BCUT2D eigenvalue weighted by atomic mass is 10.0. The van der Waals surface area contributed by atoms with Crippen LogP contribution in [0.25, 0.3) is 0 Å². The lowest BCUT2D eigenvalue weighted by Crippen LogP contribution is -2.17. The van der Waals surface area contributed by atoms with E-state index in [4.69, 9.17) is 28.9 Å². The Labute approximate surface area is 106 Å². The molecule has 1 aromatic carbocycles. The summed E-state index contributed by atoms with van der Waals surface area (Å²) in [6.07, 6.45) is 1.52. The van der Waals surface area contributed by atoms with Crippen molar-refractivity contribution in [2.45, 2.75) is 32.2 Å². The second-order valence-electron chi connectivity index (χ2n) is 3.97. The van der Waals surface area contributed by atoms with E-state index < -0.39 is 0 Å². The van der Waals surface area contributed by atoms with Crippen molar-refractivity contribution in [1.82, 2.24) is 0 Å². The molecule has 0 aromatic heterocycles. The average molecular weight is 260 g/mol. The van der Waals surface area contributed by atoms with Crippen molar-refractivity contribution in [3.63, 3.8) is 0 Å². The second kappa shape index (κ2) is 6.24.